The first-order valence-electron chi connectivity index (χ1n) is 6.81. The summed E-state index contributed by atoms with van der Waals surface area (Å²) in [4.78, 5) is 21.6. The number of amides is 1. The molecule has 2 aromatic carbocycles. The van der Waals surface area contributed by atoms with Gasteiger partial charge in [-0.15, -0.1) is 11.8 Å². The molecule has 0 bridgehead atoms. The second kappa shape index (κ2) is 7.68. The standard InChI is InChI=1S/C15H9F5N2O3S/c16-10-3-2-9(6-11(10)17)21-14(23)7-26-13-4-1-8(15(18,19)20)5-12(13)22(24)25/h1-6H,7H2,(H,21,23). The lowest BCUT2D eigenvalue weighted by Gasteiger charge is -2.09. The predicted molar refractivity (Wildman–Crippen MR) is 83.8 cm³/mol. The molecule has 0 aliphatic heterocycles. The molecule has 0 atom stereocenters. The van der Waals surface area contributed by atoms with Crippen LogP contribution in [0.5, 0.6) is 0 Å². The van der Waals surface area contributed by atoms with Crippen molar-refractivity contribution in [3.8, 4) is 0 Å². The fourth-order valence-corrected chi connectivity index (χ4v) is 2.68. The lowest BCUT2D eigenvalue weighted by Crippen LogP contribution is -2.14. The minimum absolute atomic E-state index is 0.0311. The van der Waals surface area contributed by atoms with Crippen molar-refractivity contribution in [2.45, 2.75) is 11.1 Å². The second-order valence-electron chi connectivity index (χ2n) is 4.90. The Labute approximate surface area is 147 Å². The fourth-order valence-electron chi connectivity index (χ4n) is 1.87. The van der Waals surface area contributed by atoms with E-state index in [9.17, 15) is 36.9 Å². The first-order chi connectivity index (χ1) is 12.1. The molecule has 1 N–H and O–H groups in total. The number of nitro groups is 1. The summed E-state index contributed by atoms with van der Waals surface area (Å²) < 4.78 is 63.8. The lowest BCUT2D eigenvalue weighted by atomic mass is 10.2. The van der Waals surface area contributed by atoms with Crippen LogP contribution in [0.2, 0.25) is 0 Å². The van der Waals surface area contributed by atoms with Gasteiger partial charge >= 0.3 is 6.18 Å². The van der Waals surface area contributed by atoms with Gasteiger partial charge in [-0.2, -0.15) is 13.2 Å². The van der Waals surface area contributed by atoms with Crippen molar-refractivity contribution in [2.24, 2.45) is 0 Å². The quantitative estimate of drug-likeness (QED) is 0.349. The van der Waals surface area contributed by atoms with E-state index in [-0.39, 0.29) is 16.3 Å². The molecule has 2 rings (SSSR count). The van der Waals surface area contributed by atoms with Crippen LogP contribution in [-0.4, -0.2) is 16.6 Å². The Bertz CT molecular complexity index is 858. The topological polar surface area (TPSA) is 72.2 Å². The maximum absolute atomic E-state index is 13.1. The highest BCUT2D eigenvalue weighted by Gasteiger charge is 2.33. The average Bonchev–Trinajstić information content (AvgIpc) is 2.55. The molecule has 2 aromatic rings. The molecule has 0 aromatic heterocycles. The maximum atomic E-state index is 13.1. The van der Waals surface area contributed by atoms with Crippen LogP contribution in [0.15, 0.2) is 41.3 Å². The number of thioether (sulfide) groups is 1. The van der Waals surface area contributed by atoms with E-state index in [2.05, 4.69) is 5.32 Å². The van der Waals surface area contributed by atoms with Crippen molar-refractivity contribution in [3.05, 3.63) is 63.7 Å². The smallest absolute Gasteiger partial charge is 0.325 e. The molecule has 0 saturated carbocycles. The molecule has 11 heteroatoms. The van der Waals surface area contributed by atoms with Crippen molar-refractivity contribution in [3.63, 3.8) is 0 Å². The van der Waals surface area contributed by atoms with Crippen LogP contribution in [-0.2, 0) is 11.0 Å². The summed E-state index contributed by atoms with van der Waals surface area (Å²) in [6.07, 6.45) is -4.74. The zero-order valence-corrected chi connectivity index (χ0v) is 13.5. The molecular weight excluding hydrogens is 383 g/mol. The number of alkyl halides is 3. The number of hydrogen-bond donors (Lipinski definition) is 1. The number of rotatable bonds is 5. The lowest BCUT2D eigenvalue weighted by molar-refractivity contribution is -0.388. The molecule has 5 nitrogen and oxygen atoms in total. The van der Waals surface area contributed by atoms with Gasteiger partial charge in [0.1, 0.15) is 0 Å². The Morgan fingerprint density at radius 1 is 1.12 bits per heavy atom. The number of nitro benzene ring substituents is 1. The van der Waals surface area contributed by atoms with Gasteiger partial charge in [0.05, 0.1) is 21.1 Å². The van der Waals surface area contributed by atoms with Gasteiger partial charge in [0, 0.05) is 17.8 Å². The van der Waals surface area contributed by atoms with Crippen LogP contribution in [0.25, 0.3) is 0 Å². The van der Waals surface area contributed by atoms with Crippen molar-refractivity contribution >= 4 is 29.0 Å². The van der Waals surface area contributed by atoms with E-state index in [1.54, 1.807) is 0 Å². The monoisotopic (exact) mass is 392 g/mol. The highest BCUT2D eigenvalue weighted by Crippen LogP contribution is 2.36. The number of carbonyl (C=O) groups is 1. The summed E-state index contributed by atoms with van der Waals surface area (Å²) in [5, 5.41) is 13.2. The summed E-state index contributed by atoms with van der Waals surface area (Å²) in [6.45, 7) is 0. The summed E-state index contributed by atoms with van der Waals surface area (Å²) in [5.74, 6) is -3.35. The molecule has 26 heavy (non-hydrogen) atoms. The largest absolute Gasteiger partial charge is 0.416 e. The second-order valence-corrected chi connectivity index (χ2v) is 5.92. The van der Waals surface area contributed by atoms with Gasteiger partial charge in [-0.3, -0.25) is 14.9 Å². The Kier molecular flexibility index (Phi) is 5.80. The third-order valence-electron chi connectivity index (χ3n) is 3.05. The molecule has 0 saturated heterocycles. The molecule has 0 aliphatic carbocycles. The molecular formula is C15H9F5N2O3S. The normalized spacial score (nSPS) is 11.3. The van der Waals surface area contributed by atoms with E-state index in [1.807, 2.05) is 0 Å². The van der Waals surface area contributed by atoms with Gasteiger partial charge in [-0.1, -0.05) is 0 Å². The minimum Gasteiger partial charge on any atom is -0.325 e. The van der Waals surface area contributed by atoms with Crippen molar-refractivity contribution < 1.29 is 31.7 Å². The molecule has 0 fully saturated rings. The predicted octanol–water partition coefficient (Wildman–Crippen LogP) is 4.62. The number of hydrogen-bond acceptors (Lipinski definition) is 4. The van der Waals surface area contributed by atoms with Crippen LogP contribution in [0, 0.1) is 21.7 Å². The first kappa shape index (κ1) is 19.6. The van der Waals surface area contributed by atoms with Gasteiger partial charge in [-0.25, -0.2) is 8.78 Å². The number of benzene rings is 2. The molecule has 0 heterocycles. The number of nitrogens with zero attached hydrogens (tertiary/aromatic N) is 1. The van der Waals surface area contributed by atoms with Crippen LogP contribution in [0.4, 0.5) is 33.3 Å². The molecule has 0 aliphatic rings. The number of nitrogens with one attached hydrogen (secondary N) is 1. The molecule has 138 valence electrons. The maximum Gasteiger partial charge on any atom is 0.416 e. The summed E-state index contributed by atoms with van der Waals surface area (Å²) in [7, 11) is 0. The average molecular weight is 392 g/mol. The Balaban J connectivity index is 2.09. The van der Waals surface area contributed by atoms with Crippen LogP contribution >= 0.6 is 11.8 Å². The number of anilines is 1. The Morgan fingerprint density at radius 2 is 1.81 bits per heavy atom. The third kappa shape index (κ3) is 4.91. The van der Waals surface area contributed by atoms with Gasteiger partial charge < -0.3 is 5.32 Å². The van der Waals surface area contributed by atoms with E-state index in [0.717, 1.165) is 24.3 Å². The van der Waals surface area contributed by atoms with Crippen LogP contribution in [0.1, 0.15) is 5.56 Å². The summed E-state index contributed by atoms with van der Waals surface area (Å²) >= 11 is 0.641. The van der Waals surface area contributed by atoms with Crippen molar-refractivity contribution in [1.29, 1.82) is 0 Å². The van der Waals surface area contributed by atoms with Crippen molar-refractivity contribution in [2.75, 3.05) is 11.1 Å². The number of carbonyl (C=O) groups excluding carboxylic acids is 1. The number of halogens is 5. The van der Waals surface area contributed by atoms with E-state index >= 15 is 0 Å². The van der Waals surface area contributed by atoms with E-state index in [1.165, 1.54) is 0 Å². The van der Waals surface area contributed by atoms with E-state index in [0.29, 0.717) is 23.9 Å². The highest BCUT2D eigenvalue weighted by molar-refractivity contribution is 8.00. The molecule has 0 radical (unpaired) electrons. The van der Waals surface area contributed by atoms with Gasteiger partial charge in [-0.05, 0) is 24.3 Å². The minimum atomic E-state index is -4.74. The fraction of sp³-hybridized carbons (Fsp3) is 0.133. The molecule has 0 unspecified atom stereocenters. The van der Waals surface area contributed by atoms with Gasteiger partial charge in [0.15, 0.2) is 11.6 Å². The zero-order valence-electron chi connectivity index (χ0n) is 12.6. The van der Waals surface area contributed by atoms with Crippen LogP contribution in [0.3, 0.4) is 0 Å². The Hall–Kier alpha value is -2.69. The van der Waals surface area contributed by atoms with Crippen molar-refractivity contribution in [1.82, 2.24) is 0 Å². The summed E-state index contributed by atoms with van der Waals surface area (Å²) in [6, 6.07) is 4.62. The van der Waals surface area contributed by atoms with E-state index in [4.69, 9.17) is 0 Å². The molecule has 0 spiro atoms. The summed E-state index contributed by atoms with van der Waals surface area (Å²) in [5.41, 5.74) is -2.00. The molecule has 1 amide bonds. The Morgan fingerprint density at radius 3 is 2.38 bits per heavy atom. The van der Waals surface area contributed by atoms with Gasteiger partial charge in [0.2, 0.25) is 5.91 Å². The third-order valence-corrected chi connectivity index (χ3v) is 4.11. The first-order valence-corrected chi connectivity index (χ1v) is 7.80. The van der Waals surface area contributed by atoms with Gasteiger partial charge in [0.25, 0.3) is 5.69 Å². The van der Waals surface area contributed by atoms with E-state index < -0.39 is 39.9 Å². The zero-order chi connectivity index (χ0) is 19.5. The highest BCUT2D eigenvalue weighted by atomic mass is 32.2. The SMILES string of the molecule is O=C(CSc1ccc(C(F)(F)F)cc1[N+](=O)[O-])Nc1ccc(F)c(F)c1. The van der Waals surface area contributed by atoms with Crippen LogP contribution < -0.4 is 5.32 Å².